The van der Waals surface area contributed by atoms with Gasteiger partial charge in [0, 0.05) is 11.1 Å². The number of methoxy groups -OCH3 is 2. The number of likely N-dealkylation sites (tertiary alicyclic amines) is 1. The highest BCUT2D eigenvalue weighted by Gasteiger charge is 2.43. The van der Waals surface area contributed by atoms with Gasteiger partial charge in [0.1, 0.15) is 11.5 Å². The van der Waals surface area contributed by atoms with Gasteiger partial charge >= 0.3 is 0 Å². The second kappa shape index (κ2) is 5.93. The number of carbonyl (C=O) groups is 1. The number of nitrogens with zero attached hydrogens (tertiary/aromatic N) is 1. The summed E-state index contributed by atoms with van der Waals surface area (Å²) in [5.74, 6) is 1.15. The third-order valence-electron chi connectivity index (χ3n) is 3.97. The van der Waals surface area contributed by atoms with Gasteiger partial charge in [-0.25, -0.2) is 0 Å². The minimum absolute atomic E-state index is 0.104. The lowest BCUT2D eigenvalue weighted by molar-refractivity contribution is -0.0860. The van der Waals surface area contributed by atoms with Gasteiger partial charge < -0.3 is 19.5 Å². The van der Waals surface area contributed by atoms with Gasteiger partial charge in [0.2, 0.25) is 0 Å². The molecule has 0 aliphatic carbocycles. The molecule has 5 nitrogen and oxygen atoms in total. The van der Waals surface area contributed by atoms with E-state index in [1.54, 1.807) is 31.3 Å². The van der Waals surface area contributed by atoms with Crippen molar-refractivity contribution < 1.29 is 19.4 Å². The summed E-state index contributed by atoms with van der Waals surface area (Å²) in [6, 6.07) is 3.44. The molecule has 1 aromatic rings. The first-order valence-corrected chi connectivity index (χ1v) is 7.18. The molecular formula is C16H23NO4. The van der Waals surface area contributed by atoms with Crippen molar-refractivity contribution in [1.82, 2.24) is 4.90 Å². The SMILES string of the molecule is CCCC1(O)CN(C(=O)c2cc(OC)c(C)c(OC)c2)C1. The third-order valence-corrected chi connectivity index (χ3v) is 3.97. The van der Waals surface area contributed by atoms with Crippen molar-refractivity contribution >= 4 is 5.91 Å². The van der Waals surface area contributed by atoms with Crippen LogP contribution in [0.4, 0.5) is 0 Å². The zero-order chi connectivity index (χ0) is 15.6. The molecule has 21 heavy (non-hydrogen) atoms. The maximum Gasteiger partial charge on any atom is 0.254 e. The van der Waals surface area contributed by atoms with Crippen LogP contribution in [0.1, 0.15) is 35.7 Å². The molecule has 5 heteroatoms. The van der Waals surface area contributed by atoms with Gasteiger partial charge in [-0.3, -0.25) is 4.79 Å². The number of amides is 1. The maximum atomic E-state index is 12.5. The van der Waals surface area contributed by atoms with Gasteiger partial charge in [-0.1, -0.05) is 13.3 Å². The van der Waals surface area contributed by atoms with E-state index < -0.39 is 5.60 Å². The fraction of sp³-hybridized carbons (Fsp3) is 0.562. The fourth-order valence-electron chi connectivity index (χ4n) is 2.82. The molecule has 1 fully saturated rings. The number of β-amino-alcohol motifs (C(OH)–C–C–N with tert-alkyl or cyclic N) is 1. The molecule has 1 saturated heterocycles. The number of hydrogen-bond donors (Lipinski definition) is 1. The van der Waals surface area contributed by atoms with Gasteiger partial charge in [-0.2, -0.15) is 0 Å². The molecule has 1 heterocycles. The Bertz CT molecular complexity index is 510. The molecule has 0 radical (unpaired) electrons. The molecule has 116 valence electrons. The van der Waals surface area contributed by atoms with Crippen LogP contribution in [0.5, 0.6) is 11.5 Å². The Hall–Kier alpha value is -1.75. The zero-order valence-corrected chi connectivity index (χ0v) is 13.1. The normalized spacial score (nSPS) is 16.3. The summed E-state index contributed by atoms with van der Waals surface area (Å²) in [6.45, 7) is 4.68. The fourth-order valence-corrected chi connectivity index (χ4v) is 2.82. The van der Waals surface area contributed by atoms with Crippen LogP contribution in [0.15, 0.2) is 12.1 Å². The van der Waals surface area contributed by atoms with Gasteiger partial charge in [0.25, 0.3) is 5.91 Å². The summed E-state index contributed by atoms with van der Waals surface area (Å²) in [5, 5.41) is 10.2. The molecule has 1 aliphatic rings. The predicted molar refractivity (Wildman–Crippen MR) is 80.0 cm³/mol. The number of ether oxygens (including phenoxy) is 2. The van der Waals surface area contributed by atoms with Crippen molar-refractivity contribution in [2.24, 2.45) is 0 Å². The van der Waals surface area contributed by atoms with Crippen molar-refractivity contribution in [1.29, 1.82) is 0 Å². The van der Waals surface area contributed by atoms with E-state index in [2.05, 4.69) is 0 Å². The number of carbonyl (C=O) groups excluding carboxylic acids is 1. The lowest BCUT2D eigenvalue weighted by atomic mass is 9.88. The molecule has 1 aliphatic heterocycles. The van der Waals surface area contributed by atoms with Crippen LogP contribution < -0.4 is 9.47 Å². The van der Waals surface area contributed by atoms with Crippen LogP contribution in [0.25, 0.3) is 0 Å². The van der Waals surface area contributed by atoms with Gasteiger partial charge in [-0.05, 0) is 25.5 Å². The molecule has 0 spiro atoms. The lowest BCUT2D eigenvalue weighted by Crippen LogP contribution is -2.63. The highest BCUT2D eigenvalue weighted by molar-refractivity contribution is 5.96. The first-order valence-electron chi connectivity index (χ1n) is 7.18. The number of aliphatic hydroxyl groups is 1. The Morgan fingerprint density at radius 1 is 1.29 bits per heavy atom. The van der Waals surface area contributed by atoms with Crippen molar-refractivity contribution in [3.63, 3.8) is 0 Å². The van der Waals surface area contributed by atoms with Crippen molar-refractivity contribution in [3.05, 3.63) is 23.3 Å². The van der Waals surface area contributed by atoms with E-state index in [1.165, 1.54) is 0 Å². The van der Waals surface area contributed by atoms with Crippen LogP contribution >= 0.6 is 0 Å². The van der Waals surface area contributed by atoms with E-state index in [1.807, 2.05) is 13.8 Å². The Balaban J connectivity index is 2.18. The Labute approximate surface area is 125 Å². The molecule has 0 aromatic heterocycles. The summed E-state index contributed by atoms with van der Waals surface area (Å²) in [7, 11) is 3.14. The highest BCUT2D eigenvalue weighted by Crippen LogP contribution is 2.32. The minimum Gasteiger partial charge on any atom is -0.496 e. The highest BCUT2D eigenvalue weighted by atomic mass is 16.5. The van der Waals surface area contributed by atoms with E-state index in [4.69, 9.17) is 9.47 Å². The topological polar surface area (TPSA) is 59.0 Å². The smallest absolute Gasteiger partial charge is 0.254 e. The monoisotopic (exact) mass is 293 g/mol. The standard InChI is InChI=1S/C16H23NO4/c1-5-6-16(19)9-17(10-16)15(18)12-7-13(20-3)11(2)14(8-12)21-4/h7-8,19H,5-6,9-10H2,1-4H3. The number of hydrogen-bond acceptors (Lipinski definition) is 4. The van der Waals surface area contributed by atoms with Crippen LogP contribution in [-0.2, 0) is 0 Å². The van der Waals surface area contributed by atoms with E-state index in [-0.39, 0.29) is 5.91 Å². The Morgan fingerprint density at radius 2 is 1.81 bits per heavy atom. The van der Waals surface area contributed by atoms with Gasteiger partial charge in [0.15, 0.2) is 0 Å². The van der Waals surface area contributed by atoms with E-state index in [9.17, 15) is 9.90 Å². The number of rotatable bonds is 5. The summed E-state index contributed by atoms with van der Waals surface area (Å²) in [6.07, 6.45) is 1.63. The molecular weight excluding hydrogens is 270 g/mol. The molecule has 0 unspecified atom stereocenters. The summed E-state index contributed by atoms with van der Waals surface area (Å²) in [5.41, 5.74) is 0.666. The molecule has 1 N–H and O–H groups in total. The predicted octanol–water partition coefficient (Wildman–Crippen LogP) is 2.00. The van der Waals surface area contributed by atoms with E-state index in [0.717, 1.165) is 18.4 Å². The van der Waals surface area contributed by atoms with Crippen LogP contribution in [-0.4, -0.2) is 48.8 Å². The van der Waals surface area contributed by atoms with Gasteiger partial charge in [-0.15, -0.1) is 0 Å². The maximum absolute atomic E-state index is 12.5. The summed E-state index contributed by atoms with van der Waals surface area (Å²) < 4.78 is 10.6. The van der Waals surface area contributed by atoms with Gasteiger partial charge in [0.05, 0.1) is 32.9 Å². The zero-order valence-electron chi connectivity index (χ0n) is 13.1. The molecule has 1 aromatic carbocycles. The lowest BCUT2D eigenvalue weighted by Gasteiger charge is -2.46. The second-order valence-electron chi connectivity index (χ2n) is 5.64. The molecule has 0 saturated carbocycles. The number of benzene rings is 1. The van der Waals surface area contributed by atoms with Crippen molar-refractivity contribution in [2.75, 3.05) is 27.3 Å². The Morgan fingerprint density at radius 3 is 2.24 bits per heavy atom. The first-order chi connectivity index (χ1) is 9.94. The molecule has 2 rings (SSSR count). The first kappa shape index (κ1) is 15.6. The second-order valence-corrected chi connectivity index (χ2v) is 5.64. The summed E-state index contributed by atoms with van der Waals surface area (Å²) in [4.78, 5) is 14.1. The average Bonchev–Trinajstić information content (AvgIpc) is 2.44. The summed E-state index contributed by atoms with van der Waals surface area (Å²) >= 11 is 0. The van der Waals surface area contributed by atoms with E-state index in [0.29, 0.717) is 30.2 Å². The Kier molecular flexibility index (Phi) is 4.42. The minimum atomic E-state index is -0.719. The van der Waals surface area contributed by atoms with Crippen LogP contribution in [0, 0.1) is 6.92 Å². The quantitative estimate of drug-likeness (QED) is 0.902. The average molecular weight is 293 g/mol. The van der Waals surface area contributed by atoms with Crippen molar-refractivity contribution in [2.45, 2.75) is 32.3 Å². The van der Waals surface area contributed by atoms with E-state index >= 15 is 0 Å². The van der Waals surface area contributed by atoms with Crippen LogP contribution in [0.3, 0.4) is 0 Å². The third kappa shape index (κ3) is 2.97. The molecule has 0 atom stereocenters. The van der Waals surface area contributed by atoms with Crippen molar-refractivity contribution in [3.8, 4) is 11.5 Å². The largest absolute Gasteiger partial charge is 0.496 e. The molecule has 1 amide bonds. The molecule has 0 bridgehead atoms. The van der Waals surface area contributed by atoms with Crippen LogP contribution in [0.2, 0.25) is 0 Å².